The Hall–Kier alpha value is -1.07. The normalized spacial score (nSPS) is 24.7. The van der Waals surface area contributed by atoms with E-state index in [2.05, 4.69) is 26.9 Å². The highest BCUT2D eigenvalue weighted by Crippen LogP contribution is 2.32. The van der Waals surface area contributed by atoms with Gasteiger partial charge in [0.15, 0.2) is 0 Å². The van der Waals surface area contributed by atoms with E-state index in [1.54, 1.807) is 0 Å². The van der Waals surface area contributed by atoms with Gasteiger partial charge in [-0.2, -0.15) is 0 Å². The highest BCUT2D eigenvalue weighted by Gasteiger charge is 2.35. The molecular weight excluding hydrogens is 334 g/mol. The van der Waals surface area contributed by atoms with Crippen LogP contribution in [0.5, 0.6) is 5.75 Å². The van der Waals surface area contributed by atoms with Gasteiger partial charge < -0.3 is 9.47 Å². The molecule has 2 atom stereocenters. The van der Waals surface area contributed by atoms with Crippen LogP contribution in [-0.4, -0.2) is 42.7 Å². The van der Waals surface area contributed by atoms with E-state index in [0.29, 0.717) is 6.61 Å². The minimum atomic E-state index is -0.0935. The maximum Gasteiger partial charge on any atom is 0.323 e. The number of carbonyl (C=O) groups is 1. The van der Waals surface area contributed by atoms with E-state index in [1.807, 2.05) is 19.1 Å². The Balaban J connectivity index is 1.61. The van der Waals surface area contributed by atoms with Crippen LogP contribution in [0.4, 0.5) is 0 Å². The summed E-state index contributed by atoms with van der Waals surface area (Å²) >= 11 is 3.49. The van der Waals surface area contributed by atoms with Crippen molar-refractivity contribution in [2.24, 2.45) is 0 Å². The number of halogens is 1. The van der Waals surface area contributed by atoms with Crippen LogP contribution in [0.15, 0.2) is 22.7 Å². The third-order valence-corrected chi connectivity index (χ3v) is 4.62. The Morgan fingerprint density at radius 3 is 3.19 bits per heavy atom. The number of rotatable bonds is 4. The van der Waals surface area contributed by atoms with Crippen molar-refractivity contribution in [3.63, 3.8) is 0 Å². The molecule has 3 rings (SSSR count). The molecule has 1 fully saturated rings. The number of hydrogen-bond donors (Lipinski definition) is 0. The Kier molecular flexibility index (Phi) is 4.50. The topological polar surface area (TPSA) is 38.8 Å². The predicted molar refractivity (Wildman–Crippen MR) is 83.5 cm³/mol. The highest BCUT2D eigenvalue weighted by molar-refractivity contribution is 9.10. The summed E-state index contributed by atoms with van der Waals surface area (Å²) in [4.78, 5) is 14.2. The van der Waals surface area contributed by atoms with Crippen molar-refractivity contribution in [2.45, 2.75) is 38.3 Å². The number of benzene rings is 1. The van der Waals surface area contributed by atoms with Gasteiger partial charge in [-0.25, -0.2) is 0 Å². The van der Waals surface area contributed by atoms with Crippen LogP contribution in [0.25, 0.3) is 0 Å². The lowest BCUT2D eigenvalue weighted by Crippen LogP contribution is -2.42. The van der Waals surface area contributed by atoms with Crippen LogP contribution in [0.3, 0.4) is 0 Å². The quantitative estimate of drug-likeness (QED) is 0.780. The van der Waals surface area contributed by atoms with E-state index in [-0.39, 0.29) is 18.1 Å². The average Bonchev–Trinajstić information content (AvgIpc) is 3.05. The number of hydrogen-bond acceptors (Lipinski definition) is 4. The molecule has 1 aromatic rings. The minimum absolute atomic E-state index is 0.0896. The zero-order chi connectivity index (χ0) is 14.8. The van der Waals surface area contributed by atoms with E-state index in [9.17, 15) is 4.79 Å². The van der Waals surface area contributed by atoms with Gasteiger partial charge >= 0.3 is 5.97 Å². The summed E-state index contributed by atoms with van der Waals surface area (Å²) in [5.74, 6) is 0.878. The molecule has 0 N–H and O–H groups in total. The second kappa shape index (κ2) is 6.36. The van der Waals surface area contributed by atoms with Gasteiger partial charge in [0.2, 0.25) is 0 Å². The molecule has 0 aromatic heterocycles. The number of carbonyl (C=O) groups excluding carboxylic acids is 1. The molecule has 0 amide bonds. The Bertz CT molecular complexity index is 534. The SMILES string of the molecule is CCOC(=O)C1CCCN1CC1Cc2cc(Br)ccc2O1. The maximum atomic E-state index is 12.0. The van der Waals surface area contributed by atoms with Crippen molar-refractivity contribution in [2.75, 3.05) is 19.7 Å². The summed E-state index contributed by atoms with van der Waals surface area (Å²) in [6.07, 6.45) is 2.98. The zero-order valence-corrected chi connectivity index (χ0v) is 13.8. The lowest BCUT2D eigenvalue weighted by Gasteiger charge is -2.25. The van der Waals surface area contributed by atoms with E-state index >= 15 is 0 Å². The molecule has 5 heteroatoms. The molecule has 0 aliphatic carbocycles. The number of fused-ring (bicyclic) bond motifs is 1. The van der Waals surface area contributed by atoms with E-state index in [4.69, 9.17) is 9.47 Å². The molecule has 2 aliphatic heterocycles. The van der Waals surface area contributed by atoms with E-state index in [1.165, 1.54) is 5.56 Å². The molecule has 4 nitrogen and oxygen atoms in total. The summed E-state index contributed by atoms with van der Waals surface area (Å²) in [7, 11) is 0. The van der Waals surface area contributed by atoms with Crippen LogP contribution >= 0.6 is 15.9 Å². The number of ether oxygens (including phenoxy) is 2. The second-order valence-corrected chi connectivity index (χ2v) is 6.52. The van der Waals surface area contributed by atoms with Gasteiger partial charge in [-0.3, -0.25) is 9.69 Å². The van der Waals surface area contributed by atoms with Gasteiger partial charge in [0, 0.05) is 17.4 Å². The lowest BCUT2D eigenvalue weighted by molar-refractivity contribution is -0.148. The van der Waals surface area contributed by atoms with Gasteiger partial charge in [-0.15, -0.1) is 0 Å². The third-order valence-electron chi connectivity index (χ3n) is 4.12. The second-order valence-electron chi connectivity index (χ2n) is 5.60. The van der Waals surface area contributed by atoms with Crippen LogP contribution in [-0.2, 0) is 16.0 Å². The highest BCUT2D eigenvalue weighted by atomic mass is 79.9. The van der Waals surface area contributed by atoms with Crippen LogP contribution in [0.2, 0.25) is 0 Å². The Labute approximate surface area is 133 Å². The Morgan fingerprint density at radius 2 is 2.38 bits per heavy atom. The van der Waals surface area contributed by atoms with Crippen molar-refractivity contribution in [3.05, 3.63) is 28.2 Å². The molecule has 0 radical (unpaired) electrons. The van der Waals surface area contributed by atoms with Crippen LogP contribution in [0, 0.1) is 0 Å². The van der Waals surface area contributed by atoms with Gasteiger partial charge in [0.25, 0.3) is 0 Å². The minimum Gasteiger partial charge on any atom is -0.488 e. The van der Waals surface area contributed by atoms with Gasteiger partial charge in [0.05, 0.1) is 6.61 Å². The number of likely N-dealkylation sites (tertiary alicyclic amines) is 1. The Morgan fingerprint density at radius 1 is 1.52 bits per heavy atom. The summed E-state index contributed by atoms with van der Waals surface area (Å²) in [5, 5.41) is 0. The molecule has 2 unspecified atom stereocenters. The summed E-state index contributed by atoms with van der Waals surface area (Å²) in [6, 6.07) is 6.02. The summed E-state index contributed by atoms with van der Waals surface area (Å²) in [6.45, 7) is 4.04. The standard InChI is InChI=1S/C16H20BrNO3/c1-2-20-16(19)14-4-3-7-18(14)10-13-9-11-8-12(17)5-6-15(11)21-13/h5-6,8,13-14H,2-4,7,9-10H2,1H3. The molecule has 2 aliphatic rings. The molecule has 1 saturated heterocycles. The predicted octanol–water partition coefficient (Wildman–Crippen LogP) is 2.78. The average molecular weight is 354 g/mol. The maximum absolute atomic E-state index is 12.0. The molecule has 0 bridgehead atoms. The van der Waals surface area contributed by atoms with E-state index < -0.39 is 0 Å². The molecule has 0 saturated carbocycles. The smallest absolute Gasteiger partial charge is 0.323 e. The fraction of sp³-hybridized carbons (Fsp3) is 0.562. The van der Waals surface area contributed by atoms with Crippen molar-refractivity contribution in [1.82, 2.24) is 4.90 Å². The van der Waals surface area contributed by atoms with Crippen LogP contribution < -0.4 is 4.74 Å². The largest absolute Gasteiger partial charge is 0.488 e. The van der Waals surface area contributed by atoms with Gasteiger partial charge in [-0.1, -0.05) is 15.9 Å². The van der Waals surface area contributed by atoms with E-state index in [0.717, 1.165) is 42.6 Å². The number of nitrogens with zero attached hydrogens (tertiary/aromatic N) is 1. The molecule has 0 spiro atoms. The van der Waals surface area contributed by atoms with Crippen molar-refractivity contribution in [1.29, 1.82) is 0 Å². The first kappa shape index (κ1) is 14.9. The molecule has 21 heavy (non-hydrogen) atoms. The molecule has 1 aromatic carbocycles. The summed E-state index contributed by atoms with van der Waals surface area (Å²) < 4.78 is 12.2. The lowest BCUT2D eigenvalue weighted by atomic mass is 10.1. The van der Waals surface area contributed by atoms with Crippen molar-refractivity contribution < 1.29 is 14.3 Å². The molecule has 114 valence electrons. The fourth-order valence-electron chi connectivity index (χ4n) is 3.20. The van der Waals surface area contributed by atoms with Crippen molar-refractivity contribution in [3.8, 4) is 5.75 Å². The first-order valence-electron chi connectivity index (χ1n) is 7.53. The zero-order valence-electron chi connectivity index (χ0n) is 12.2. The first-order valence-corrected chi connectivity index (χ1v) is 8.32. The van der Waals surface area contributed by atoms with Gasteiger partial charge in [-0.05, 0) is 50.1 Å². The monoisotopic (exact) mass is 353 g/mol. The van der Waals surface area contributed by atoms with Crippen LogP contribution in [0.1, 0.15) is 25.3 Å². The number of esters is 1. The first-order chi connectivity index (χ1) is 10.2. The van der Waals surface area contributed by atoms with Crippen molar-refractivity contribution >= 4 is 21.9 Å². The molecule has 2 heterocycles. The van der Waals surface area contributed by atoms with Gasteiger partial charge in [0.1, 0.15) is 17.9 Å². The fourth-order valence-corrected chi connectivity index (χ4v) is 3.61. The third kappa shape index (κ3) is 3.24. The summed E-state index contributed by atoms with van der Waals surface area (Å²) in [5.41, 5.74) is 1.24. The molecular formula is C16H20BrNO3.